The molecule has 0 aliphatic carbocycles. The molecule has 1 aromatic carbocycles. The monoisotopic (exact) mass is 396 g/mol. The number of halogens is 1. The van der Waals surface area contributed by atoms with Crippen LogP contribution in [0.4, 0.5) is 4.39 Å². The van der Waals surface area contributed by atoms with E-state index in [1.54, 1.807) is 23.7 Å². The lowest BCUT2D eigenvalue weighted by molar-refractivity contribution is 0.110. The Morgan fingerprint density at radius 1 is 1.21 bits per heavy atom. The maximum Gasteiger partial charge on any atom is 0.279 e. The molecule has 1 saturated heterocycles. The maximum atomic E-state index is 13.1. The van der Waals surface area contributed by atoms with Crippen LogP contribution in [0.2, 0.25) is 0 Å². The van der Waals surface area contributed by atoms with E-state index in [0.29, 0.717) is 35.9 Å². The summed E-state index contributed by atoms with van der Waals surface area (Å²) < 4.78 is 27.4. The van der Waals surface area contributed by atoms with Gasteiger partial charge < -0.3 is 18.4 Å². The Labute approximate surface area is 163 Å². The first-order valence-corrected chi connectivity index (χ1v) is 9.14. The van der Waals surface area contributed by atoms with Crippen LogP contribution in [-0.2, 0) is 18.3 Å². The van der Waals surface area contributed by atoms with Crippen molar-refractivity contribution in [3.63, 3.8) is 0 Å². The quantitative estimate of drug-likeness (QED) is 0.520. The standard InChI is InChI=1S/C19H17FN6O3/c1-25-9-21-18-16(19(25)27)26(10-22-18)7-15-23-17(24-29-15)12-6-14(28-8-12)11-2-4-13(20)5-3-11/h2-5,9-10,12,14H,6-8H2,1H3/t12-,14+/m0/s1. The highest BCUT2D eigenvalue weighted by atomic mass is 19.1. The summed E-state index contributed by atoms with van der Waals surface area (Å²) in [4.78, 5) is 25.1. The van der Waals surface area contributed by atoms with Gasteiger partial charge in [0.05, 0.1) is 25.4 Å². The topological polar surface area (TPSA) is 101 Å². The van der Waals surface area contributed by atoms with Crippen LogP contribution in [0.15, 0.2) is 46.2 Å². The van der Waals surface area contributed by atoms with Crippen molar-refractivity contribution >= 4 is 11.2 Å². The second-order valence-electron chi connectivity index (χ2n) is 7.06. The SMILES string of the molecule is Cn1cnc2ncn(Cc3nc([C@@H]4CO[C@@H](c5ccc(F)cc5)C4)no3)c2c1=O. The van der Waals surface area contributed by atoms with Gasteiger partial charge in [-0.1, -0.05) is 17.3 Å². The third-order valence-corrected chi connectivity index (χ3v) is 5.09. The smallest absolute Gasteiger partial charge is 0.279 e. The zero-order chi connectivity index (χ0) is 20.0. The van der Waals surface area contributed by atoms with Gasteiger partial charge in [0, 0.05) is 13.0 Å². The molecule has 0 saturated carbocycles. The number of nitrogens with zero attached hydrogens (tertiary/aromatic N) is 6. The highest BCUT2D eigenvalue weighted by Gasteiger charge is 2.31. The number of aryl methyl sites for hydroxylation is 1. The van der Waals surface area contributed by atoms with Crippen molar-refractivity contribution in [3.8, 4) is 0 Å². The Kier molecular flexibility index (Phi) is 4.20. The van der Waals surface area contributed by atoms with Crippen molar-refractivity contribution in [2.24, 2.45) is 7.05 Å². The summed E-state index contributed by atoms with van der Waals surface area (Å²) in [7, 11) is 1.63. The number of fused-ring (bicyclic) bond motifs is 1. The van der Waals surface area contributed by atoms with E-state index >= 15 is 0 Å². The Morgan fingerprint density at radius 3 is 2.83 bits per heavy atom. The molecule has 9 nitrogen and oxygen atoms in total. The minimum absolute atomic E-state index is 0.0170. The zero-order valence-corrected chi connectivity index (χ0v) is 15.5. The molecular weight excluding hydrogens is 379 g/mol. The number of benzene rings is 1. The molecule has 1 aliphatic rings. The van der Waals surface area contributed by atoms with Gasteiger partial charge in [0.1, 0.15) is 12.4 Å². The zero-order valence-electron chi connectivity index (χ0n) is 15.5. The summed E-state index contributed by atoms with van der Waals surface area (Å²) in [6, 6.07) is 6.30. The first-order valence-electron chi connectivity index (χ1n) is 9.14. The van der Waals surface area contributed by atoms with Gasteiger partial charge in [-0.3, -0.25) is 4.79 Å². The largest absolute Gasteiger partial charge is 0.373 e. The normalized spacial score (nSPS) is 19.2. The molecule has 29 heavy (non-hydrogen) atoms. The summed E-state index contributed by atoms with van der Waals surface area (Å²) in [6.07, 6.45) is 3.52. The lowest BCUT2D eigenvalue weighted by Crippen LogP contribution is -2.19. The van der Waals surface area contributed by atoms with Crippen LogP contribution in [-0.4, -0.2) is 35.8 Å². The van der Waals surface area contributed by atoms with E-state index in [1.165, 1.54) is 29.4 Å². The number of rotatable bonds is 4. The van der Waals surface area contributed by atoms with Gasteiger partial charge >= 0.3 is 0 Å². The van der Waals surface area contributed by atoms with E-state index in [0.717, 1.165) is 5.56 Å². The van der Waals surface area contributed by atoms with Crippen molar-refractivity contribution in [2.45, 2.75) is 25.0 Å². The molecule has 148 valence electrons. The van der Waals surface area contributed by atoms with Gasteiger partial charge in [-0.05, 0) is 24.1 Å². The van der Waals surface area contributed by atoms with Crippen molar-refractivity contribution in [3.05, 3.63) is 70.4 Å². The first kappa shape index (κ1) is 17.7. The molecule has 5 rings (SSSR count). The van der Waals surface area contributed by atoms with Crippen LogP contribution in [0.5, 0.6) is 0 Å². The lowest BCUT2D eigenvalue weighted by Gasteiger charge is -2.08. The average molecular weight is 396 g/mol. The molecule has 3 aromatic heterocycles. The predicted molar refractivity (Wildman–Crippen MR) is 98.6 cm³/mol. The second kappa shape index (κ2) is 6.89. The van der Waals surface area contributed by atoms with Crippen LogP contribution in [0.25, 0.3) is 11.2 Å². The van der Waals surface area contributed by atoms with Crippen LogP contribution in [0.1, 0.15) is 35.7 Å². The van der Waals surface area contributed by atoms with Crippen molar-refractivity contribution in [2.75, 3.05) is 6.61 Å². The molecule has 2 atom stereocenters. The van der Waals surface area contributed by atoms with Crippen molar-refractivity contribution in [1.82, 2.24) is 29.2 Å². The van der Waals surface area contributed by atoms with Gasteiger partial charge in [0.25, 0.3) is 5.56 Å². The molecule has 1 fully saturated rings. The number of aromatic nitrogens is 6. The summed E-state index contributed by atoms with van der Waals surface area (Å²) in [5, 5.41) is 4.08. The van der Waals surface area contributed by atoms with Gasteiger partial charge in [-0.25, -0.2) is 14.4 Å². The minimum Gasteiger partial charge on any atom is -0.373 e. The number of ether oxygens (including phenoxy) is 1. The molecule has 0 spiro atoms. The second-order valence-corrected chi connectivity index (χ2v) is 7.06. The fraction of sp³-hybridized carbons (Fsp3) is 0.316. The van der Waals surface area contributed by atoms with Gasteiger partial charge in [0.2, 0.25) is 5.89 Å². The van der Waals surface area contributed by atoms with Crippen LogP contribution < -0.4 is 5.56 Å². The van der Waals surface area contributed by atoms with E-state index < -0.39 is 0 Å². The molecule has 0 N–H and O–H groups in total. The minimum atomic E-state index is -0.275. The molecule has 0 amide bonds. The fourth-order valence-electron chi connectivity index (χ4n) is 3.53. The Morgan fingerprint density at radius 2 is 2.00 bits per heavy atom. The third kappa shape index (κ3) is 3.21. The molecule has 0 unspecified atom stereocenters. The summed E-state index contributed by atoms with van der Waals surface area (Å²) in [6.45, 7) is 0.679. The van der Waals surface area contributed by atoms with Crippen LogP contribution in [0.3, 0.4) is 0 Å². The number of hydrogen-bond donors (Lipinski definition) is 0. The molecular formula is C19H17FN6O3. The van der Waals surface area contributed by atoms with Crippen LogP contribution in [0, 0.1) is 5.82 Å². The summed E-state index contributed by atoms with van der Waals surface area (Å²) in [5.41, 5.74) is 1.49. The fourth-order valence-corrected chi connectivity index (χ4v) is 3.53. The van der Waals surface area contributed by atoms with E-state index in [2.05, 4.69) is 20.1 Å². The molecule has 0 bridgehead atoms. The van der Waals surface area contributed by atoms with E-state index in [4.69, 9.17) is 9.26 Å². The third-order valence-electron chi connectivity index (χ3n) is 5.09. The number of hydrogen-bond acceptors (Lipinski definition) is 7. The first-order chi connectivity index (χ1) is 14.1. The molecule has 4 aromatic rings. The molecule has 1 aliphatic heterocycles. The van der Waals surface area contributed by atoms with E-state index in [1.807, 2.05) is 0 Å². The van der Waals surface area contributed by atoms with Crippen molar-refractivity contribution in [1.29, 1.82) is 0 Å². The lowest BCUT2D eigenvalue weighted by atomic mass is 10.00. The Bertz CT molecular complexity index is 1230. The molecule has 10 heteroatoms. The van der Waals surface area contributed by atoms with Gasteiger partial charge in [0.15, 0.2) is 17.0 Å². The predicted octanol–water partition coefficient (Wildman–Crippen LogP) is 1.95. The van der Waals surface area contributed by atoms with Crippen molar-refractivity contribution < 1.29 is 13.7 Å². The highest BCUT2D eigenvalue weighted by molar-refractivity contribution is 5.69. The Hall–Kier alpha value is -3.40. The van der Waals surface area contributed by atoms with E-state index in [9.17, 15) is 9.18 Å². The van der Waals surface area contributed by atoms with Crippen LogP contribution >= 0.6 is 0 Å². The number of imidazole rings is 1. The van der Waals surface area contributed by atoms with E-state index in [-0.39, 0.29) is 29.9 Å². The molecule has 0 radical (unpaired) electrons. The van der Waals surface area contributed by atoms with Gasteiger partial charge in [-0.2, -0.15) is 4.98 Å². The summed E-state index contributed by atoms with van der Waals surface area (Å²) in [5.74, 6) is 0.635. The highest BCUT2D eigenvalue weighted by Crippen LogP contribution is 2.37. The maximum absolute atomic E-state index is 13.1. The Balaban J connectivity index is 1.33. The molecule has 4 heterocycles. The average Bonchev–Trinajstić information content (AvgIpc) is 3.46. The summed E-state index contributed by atoms with van der Waals surface area (Å²) >= 11 is 0. The van der Waals surface area contributed by atoms with Gasteiger partial charge in [-0.15, -0.1) is 0 Å².